The number of nitrogens with zero attached hydrogens (tertiary/aromatic N) is 2. The molecule has 6 nitrogen and oxygen atoms in total. The van der Waals surface area contributed by atoms with Crippen molar-refractivity contribution >= 4 is 11.7 Å². The summed E-state index contributed by atoms with van der Waals surface area (Å²) < 4.78 is 0. The number of pyridine rings is 1. The summed E-state index contributed by atoms with van der Waals surface area (Å²) in [7, 11) is 0. The Labute approximate surface area is 123 Å². The van der Waals surface area contributed by atoms with Gasteiger partial charge in [0.25, 0.3) is 5.69 Å². The first-order valence-corrected chi connectivity index (χ1v) is 7.20. The number of hydrogen-bond donors (Lipinski definition) is 1. The van der Waals surface area contributed by atoms with E-state index in [1.165, 1.54) is 6.20 Å². The number of carboxylic acids is 1. The van der Waals surface area contributed by atoms with Gasteiger partial charge < -0.3 is 5.11 Å². The number of aliphatic carboxylic acids is 1. The second kappa shape index (κ2) is 5.79. The average molecular weight is 292 g/mol. The molecule has 0 spiro atoms. The van der Waals surface area contributed by atoms with Crippen molar-refractivity contribution in [2.45, 2.75) is 52.4 Å². The minimum Gasteiger partial charge on any atom is -0.481 e. The zero-order valence-corrected chi connectivity index (χ0v) is 12.4. The molecule has 1 aromatic rings. The maximum Gasteiger partial charge on any atom is 0.310 e. The summed E-state index contributed by atoms with van der Waals surface area (Å²) in [4.78, 5) is 26.7. The number of hydrogen-bond acceptors (Lipinski definition) is 4. The molecule has 0 amide bonds. The quantitative estimate of drug-likeness (QED) is 0.679. The third kappa shape index (κ3) is 2.89. The number of nitro groups is 1. The highest BCUT2D eigenvalue weighted by molar-refractivity contribution is 5.75. The van der Waals surface area contributed by atoms with Crippen molar-refractivity contribution in [3.63, 3.8) is 0 Å². The lowest BCUT2D eigenvalue weighted by Gasteiger charge is -2.33. The predicted octanol–water partition coefficient (Wildman–Crippen LogP) is 3.18. The predicted molar refractivity (Wildman–Crippen MR) is 77.2 cm³/mol. The van der Waals surface area contributed by atoms with Crippen molar-refractivity contribution in [2.75, 3.05) is 0 Å². The Balaban J connectivity index is 2.40. The molecule has 1 aromatic heterocycles. The van der Waals surface area contributed by atoms with Crippen LogP contribution in [0.2, 0.25) is 0 Å². The van der Waals surface area contributed by atoms with Crippen molar-refractivity contribution in [1.29, 1.82) is 0 Å². The van der Waals surface area contributed by atoms with Crippen LogP contribution in [0.4, 0.5) is 5.69 Å². The van der Waals surface area contributed by atoms with Crippen LogP contribution < -0.4 is 0 Å². The molecule has 1 N–H and O–H groups in total. The number of carboxylic acid groups (broad SMARTS) is 1. The fourth-order valence-corrected chi connectivity index (χ4v) is 3.24. The number of aromatic nitrogens is 1. The summed E-state index contributed by atoms with van der Waals surface area (Å²) in [5.41, 5.74) is 0.771. The van der Waals surface area contributed by atoms with Crippen LogP contribution in [0.25, 0.3) is 0 Å². The second-order valence-electron chi connectivity index (χ2n) is 5.94. The highest BCUT2D eigenvalue weighted by Gasteiger charge is 2.40. The molecule has 0 saturated heterocycles. The van der Waals surface area contributed by atoms with E-state index in [1.807, 2.05) is 0 Å². The molecule has 6 heteroatoms. The maximum atomic E-state index is 11.7. The first-order chi connectivity index (χ1) is 9.87. The van der Waals surface area contributed by atoms with Crippen molar-refractivity contribution in [2.24, 2.45) is 5.41 Å². The smallest absolute Gasteiger partial charge is 0.310 e. The number of rotatable bonds is 4. The summed E-state index contributed by atoms with van der Waals surface area (Å²) in [6.45, 7) is 3.31. The van der Waals surface area contributed by atoms with Crippen molar-refractivity contribution in [3.05, 3.63) is 33.1 Å². The molecule has 1 saturated carbocycles. The number of aryl methyl sites for hydroxylation is 1. The van der Waals surface area contributed by atoms with Crippen LogP contribution in [0.3, 0.4) is 0 Å². The van der Waals surface area contributed by atoms with Crippen LogP contribution in [0.1, 0.15) is 48.9 Å². The van der Waals surface area contributed by atoms with Gasteiger partial charge in [0.2, 0.25) is 0 Å². The molecule has 1 aliphatic carbocycles. The summed E-state index contributed by atoms with van der Waals surface area (Å²) >= 11 is 0. The van der Waals surface area contributed by atoms with E-state index >= 15 is 0 Å². The lowest BCUT2D eigenvalue weighted by molar-refractivity contribution is -0.386. The molecule has 2 rings (SSSR count). The second-order valence-corrected chi connectivity index (χ2v) is 5.94. The molecule has 0 atom stereocenters. The molecule has 1 aliphatic rings. The largest absolute Gasteiger partial charge is 0.481 e. The van der Waals surface area contributed by atoms with Gasteiger partial charge in [-0.25, -0.2) is 0 Å². The van der Waals surface area contributed by atoms with E-state index in [4.69, 9.17) is 0 Å². The molecular formula is C15H20N2O4. The van der Waals surface area contributed by atoms with Gasteiger partial charge in [-0.05, 0) is 26.7 Å². The molecule has 0 bridgehead atoms. The van der Waals surface area contributed by atoms with Gasteiger partial charge in [-0.3, -0.25) is 19.9 Å². The Hall–Kier alpha value is -1.98. The van der Waals surface area contributed by atoms with Crippen LogP contribution >= 0.6 is 0 Å². The van der Waals surface area contributed by atoms with Crippen LogP contribution in [0.15, 0.2) is 6.20 Å². The fraction of sp³-hybridized carbons (Fsp3) is 0.600. The first-order valence-electron chi connectivity index (χ1n) is 7.20. The van der Waals surface area contributed by atoms with Crippen LogP contribution in [0.5, 0.6) is 0 Å². The molecular weight excluding hydrogens is 272 g/mol. The van der Waals surface area contributed by atoms with Gasteiger partial charge in [-0.15, -0.1) is 0 Å². The zero-order chi connectivity index (χ0) is 15.6. The number of carbonyl (C=O) groups is 1. The minimum atomic E-state index is -0.820. The van der Waals surface area contributed by atoms with Crippen molar-refractivity contribution < 1.29 is 14.8 Å². The zero-order valence-electron chi connectivity index (χ0n) is 12.4. The molecule has 21 heavy (non-hydrogen) atoms. The van der Waals surface area contributed by atoms with Crippen LogP contribution in [0, 0.1) is 29.4 Å². The van der Waals surface area contributed by atoms with E-state index in [0.29, 0.717) is 29.7 Å². The summed E-state index contributed by atoms with van der Waals surface area (Å²) in [6.07, 6.45) is 5.80. The minimum absolute atomic E-state index is 0.0522. The normalized spacial score (nSPS) is 17.4. The molecule has 0 aliphatic heterocycles. The Kier molecular flexibility index (Phi) is 4.25. The molecule has 114 valence electrons. The molecule has 1 heterocycles. The van der Waals surface area contributed by atoms with Gasteiger partial charge in [-0.1, -0.05) is 19.3 Å². The van der Waals surface area contributed by atoms with Gasteiger partial charge in [0.15, 0.2) is 0 Å². The van der Waals surface area contributed by atoms with Gasteiger partial charge in [0.05, 0.1) is 16.0 Å². The highest BCUT2D eigenvalue weighted by Crippen LogP contribution is 2.40. The van der Waals surface area contributed by atoms with Crippen LogP contribution in [-0.2, 0) is 11.2 Å². The van der Waals surface area contributed by atoms with Gasteiger partial charge in [-0.2, -0.15) is 0 Å². The Morgan fingerprint density at radius 2 is 2.00 bits per heavy atom. The lowest BCUT2D eigenvalue weighted by Crippen LogP contribution is -2.36. The Morgan fingerprint density at radius 3 is 2.52 bits per heavy atom. The fourth-order valence-electron chi connectivity index (χ4n) is 3.24. The third-order valence-corrected chi connectivity index (χ3v) is 4.53. The first kappa shape index (κ1) is 15.4. The third-order valence-electron chi connectivity index (χ3n) is 4.53. The van der Waals surface area contributed by atoms with E-state index in [-0.39, 0.29) is 12.1 Å². The summed E-state index contributed by atoms with van der Waals surface area (Å²) in [5, 5.41) is 20.8. The standard InChI is InChI=1S/C15H20N2O4/c1-10-9-16-12(11(2)13(10)17(20)21)8-15(14(18)19)6-4-3-5-7-15/h9H,3-8H2,1-2H3,(H,18,19). The topological polar surface area (TPSA) is 93.3 Å². The monoisotopic (exact) mass is 292 g/mol. The van der Waals surface area contributed by atoms with Crippen LogP contribution in [-0.4, -0.2) is 21.0 Å². The molecule has 0 radical (unpaired) electrons. The Morgan fingerprint density at radius 1 is 1.38 bits per heavy atom. The van der Waals surface area contributed by atoms with E-state index in [0.717, 1.165) is 19.3 Å². The van der Waals surface area contributed by atoms with Gasteiger partial charge >= 0.3 is 5.97 Å². The SMILES string of the molecule is Cc1cnc(CC2(C(=O)O)CCCCC2)c(C)c1[N+](=O)[O-]. The van der Waals surface area contributed by atoms with E-state index in [1.54, 1.807) is 13.8 Å². The average Bonchev–Trinajstić information content (AvgIpc) is 2.43. The molecule has 0 unspecified atom stereocenters. The maximum absolute atomic E-state index is 11.7. The summed E-state index contributed by atoms with van der Waals surface area (Å²) in [6, 6.07) is 0. The molecule has 0 aromatic carbocycles. The van der Waals surface area contributed by atoms with E-state index in [2.05, 4.69) is 4.98 Å². The van der Waals surface area contributed by atoms with Crippen molar-refractivity contribution in [3.8, 4) is 0 Å². The summed E-state index contributed by atoms with van der Waals surface area (Å²) in [5.74, 6) is -0.813. The van der Waals surface area contributed by atoms with Gasteiger partial charge in [0, 0.05) is 23.7 Å². The molecule has 1 fully saturated rings. The van der Waals surface area contributed by atoms with Crippen molar-refractivity contribution in [1.82, 2.24) is 4.98 Å². The van der Waals surface area contributed by atoms with E-state index in [9.17, 15) is 20.0 Å². The highest BCUT2D eigenvalue weighted by atomic mass is 16.6. The van der Waals surface area contributed by atoms with Gasteiger partial charge in [0.1, 0.15) is 0 Å². The Bertz CT molecular complexity index is 577. The lowest BCUT2D eigenvalue weighted by atomic mass is 9.70. The van der Waals surface area contributed by atoms with E-state index < -0.39 is 16.3 Å².